The van der Waals surface area contributed by atoms with Gasteiger partial charge in [0.05, 0.1) is 0 Å². The average Bonchev–Trinajstić information content (AvgIpc) is 2.16. The third kappa shape index (κ3) is 3.83. The van der Waals surface area contributed by atoms with Gasteiger partial charge in [0.1, 0.15) is 11.4 Å². The topological polar surface area (TPSA) is 38.7 Å². The predicted octanol–water partition coefficient (Wildman–Crippen LogP) is 2.60. The number of aliphatic imine (C=N–C) groups is 1. The van der Waals surface area contributed by atoms with Gasteiger partial charge in [0, 0.05) is 0 Å². The normalized spacial score (nSPS) is 10.6. The van der Waals surface area contributed by atoms with Crippen molar-refractivity contribution < 1.29 is 22.7 Å². The predicted molar refractivity (Wildman–Crippen MR) is 45.8 cm³/mol. The smallest absolute Gasteiger partial charge is 0.422 e. The lowest BCUT2D eigenvalue weighted by Gasteiger charge is -2.09. The lowest BCUT2D eigenvalue weighted by Crippen LogP contribution is -2.19. The number of benzene rings is 1. The van der Waals surface area contributed by atoms with Gasteiger partial charge in [-0.1, -0.05) is 12.1 Å². The van der Waals surface area contributed by atoms with Crippen LogP contribution in [0.2, 0.25) is 0 Å². The summed E-state index contributed by atoms with van der Waals surface area (Å²) >= 11 is 0. The van der Waals surface area contributed by atoms with Gasteiger partial charge < -0.3 is 4.74 Å². The molecule has 15 heavy (non-hydrogen) atoms. The van der Waals surface area contributed by atoms with Crippen molar-refractivity contribution in [3.05, 3.63) is 24.3 Å². The summed E-state index contributed by atoms with van der Waals surface area (Å²) in [4.78, 5) is 13.2. The van der Waals surface area contributed by atoms with E-state index in [4.69, 9.17) is 0 Å². The van der Waals surface area contributed by atoms with Crippen molar-refractivity contribution in [3.8, 4) is 5.75 Å². The molecule has 1 aromatic rings. The third-order valence-electron chi connectivity index (χ3n) is 1.42. The van der Waals surface area contributed by atoms with Crippen LogP contribution in [-0.4, -0.2) is 18.9 Å². The summed E-state index contributed by atoms with van der Waals surface area (Å²) in [6.07, 6.45) is -3.18. The second kappa shape index (κ2) is 4.61. The molecule has 0 fully saturated rings. The molecule has 1 aromatic carbocycles. The van der Waals surface area contributed by atoms with Crippen molar-refractivity contribution in [2.45, 2.75) is 6.18 Å². The van der Waals surface area contributed by atoms with E-state index in [9.17, 15) is 18.0 Å². The zero-order valence-electron chi connectivity index (χ0n) is 7.41. The summed E-state index contributed by atoms with van der Waals surface area (Å²) in [6.45, 7) is -1.42. The molecule has 0 saturated heterocycles. The maximum atomic E-state index is 11.8. The van der Waals surface area contributed by atoms with Crippen molar-refractivity contribution in [1.29, 1.82) is 0 Å². The Hall–Kier alpha value is -1.81. The van der Waals surface area contributed by atoms with Gasteiger partial charge in [-0.25, -0.2) is 4.79 Å². The number of nitrogens with zero attached hydrogens (tertiary/aromatic N) is 1. The van der Waals surface area contributed by atoms with Crippen LogP contribution in [0.5, 0.6) is 5.75 Å². The highest BCUT2D eigenvalue weighted by molar-refractivity contribution is 5.57. The Morgan fingerprint density at radius 1 is 1.33 bits per heavy atom. The molecule has 0 amide bonds. The Bertz CT molecular complexity index is 383. The fraction of sp³-hybridized carbons (Fsp3) is 0.222. The lowest BCUT2D eigenvalue weighted by molar-refractivity contribution is -0.153. The number of alkyl halides is 3. The van der Waals surface area contributed by atoms with Crippen LogP contribution < -0.4 is 4.74 Å². The molecule has 80 valence electrons. The number of halogens is 3. The zero-order valence-corrected chi connectivity index (χ0v) is 7.41. The van der Waals surface area contributed by atoms with Crippen LogP contribution in [0.15, 0.2) is 29.3 Å². The van der Waals surface area contributed by atoms with Crippen LogP contribution in [0.4, 0.5) is 18.9 Å². The number of hydrogen-bond acceptors (Lipinski definition) is 3. The van der Waals surface area contributed by atoms with Crippen LogP contribution in [-0.2, 0) is 4.79 Å². The van der Waals surface area contributed by atoms with Crippen LogP contribution in [0, 0.1) is 0 Å². The van der Waals surface area contributed by atoms with E-state index in [1.807, 2.05) is 0 Å². The standard InChI is InChI=1S/C9H6F3NO2/c10-9(11,12)5-15-8-4-2-1-3-7(8)13-6-14/h1-4H,5H2. The first-order valence-corrected chi connectivity index (χ1v) is 3.89. The van der Waals surface area contributed by atoms with Crippen LogP contribution >= 0.6 is 0 Å². The maximum Gasteiger partial charge on any atom is 0.422 e. The van der Waals surface area contributed by atoms with Gasteiger partial charge in [-0.3, -0.25) is 0 Å². The number of ether oxygens (including phenoxy) is 1. The van der Waals surface area contributed by atoms with E-state index < -0.39 is 12.8 Å². The highest BCUT2D eigenvalue weighted by Gasteiger charge is 2.28. The van der Waals surface area contributed by atoms with E-state index >= 15 is 0 Å². The van der Waals surface area contributed by atoms with Crippen molar-refractivity contribution in [2.24, 2.45) is 4.99 Å². The van der Waals surface area contributed by atoms with E-state index in [1.165, 1.54) is 30.3 Å². The van der Waals surface area contributed by atoms with E-state index in [1.54, 1.807) is 0 Å². The van der Waals surface area contributed by atoms with Gasteiger partial charge in [-0.2, -0.15) is 18.2 Å². The summed E-state index contributed by atoms with van der Waals surface area (Å²) in [7, 11) is 0. The number of para-hydroxylation sites is 2. The maximum absolute atomic E-state index is 11.8. The molecule has 0 atom stereocenters. The molecule has 0 aliphatic heterocycles. The minimum Gasteiger partial charge on any atom is -0.482 e. The first-order valence-electron chi connectivity index (χ1n) is 3.89. The number of carbonyl (C=O) groups excluding carboxylic acids is 1. The zero-order chi connectivity index (χ0) is 11.3. The third-order valence-corrected chi connectivity index (χ3v) is 1.42. The second-order valence-electron chi connectivity index (χ2n) is 2.57. The molecule has 0 aliphatic carbocycles. The van der Waals surface area contributed by atoms with Crippen LogP contribution in [0.3, 0.4) is 0 Å². The lowest BCUT2D eigenvalue weighted by atomic mass is 10.3. The molecule has 0 spiro atoms. The van der Waals surface area contributed by atoms with E-state index in [-0.39, 0.29) is 11.4 Å². The average molecular weight is 217 g/mol. The number of rotatable bonds is 3. The van der Waals surface area contributed by atoms with Gasteiger partial charge >= 0.3 is 6.18 Å². The van der Waals surface area contributed by atoms with Crippen molar-refractivity contribution in [3.63, 3.8) is 0 Å². The Morgan fingerprint density at radius 2 is 2.00 bits per heavy atom. The Kier molecular flexibility index (Phi) is 3.46. The number of isocyanates is 1. The second-order valence-corrected chi connectivity index (χ2v) is 2.57. The van der Waals surface area contributed by atoms with Crippen molar-refractivity contribution >= 4 is 11.8 Å². The molecular weight excluding hydrogens is 211 g/mol. The fourth-order valence-corrected chi connectivity index (χ4v) is 0.880. The first-order chi connectivity index (χ1) is 7.03. The minimum atomic E-state index is -4.42. The van der Waals surface area contributed by atoms with Gasteiger partial charge in [-0.05, 0) is 12.1 Å². The van der Waals surface area contributed by atoms with Gasteiger partial charge in [0.25, 0.3) is 0 Å². The Balaban J connectivity index is 2.80. The molecule has 0 heterocycles. The molecule has 0 aromatic heterocycles. The molecule has 3 nitrogen and oxygen atoms in total. The van der Waals surface area contributed by atoms with E-state index in [2.05, 4.69) is 9.73 Å². The summed E-state index contributed by atoms with van der Waals surface area (Å²) in [5.41, 5.74) is 0.0248. The molecule has 0 N–H and O–H groups in total. The quantitative estimate of drug-likeness (QED) is 0.576. The largest absolute Gasteiger partial charge is 0.482 e. The summed E-state index contributed by atoms with van der Waals surface area (Å²) in [5.74, 6) is -0.0989. The minimum absolute atomic E-state index is 0.0248. The van der Waals surface area contributed by atoms with E-state index in [0.29, 0.717) is 0 Å². The van der Waals surface area contributed by atoms with Gasteiger partial charge in [-0.15, -0.1) is 0 Å². The van der Waals surface area contributed by atoms with Crippen LogP contribution in [0.25, 0.3) is 0 Å². The molecule has 0 radical (unpaired) electrons. The molecule has 0 saturated carbocycles. The molecule has 6 heteroatoms. The summed E-state index contributed by atoms with van der Waals surface area (Å²) < 4.78 is 39.9. The van der Waals surface area contributed by atoms with Crippen molar-refractivity contribution in [2.75, 3.05) is 6.61 Å². The molecule has 0 aliphatic rings. The van der Waals surface area contributed by atoms with Crippen LogP contribution in [0.1, 0.15) is 0 Å². The molecule has 1 rings (SSSR count). The SMILES string of the molecule is O=C=Nc1ccccc1OCC(F)(F)F. The summed E-state index contributed by atoms with van der Waals surface area (Å²) in [5, 5.41) is 0. The van der Waals surface area contributed by atoms with Gasteiger partial charge in [0.2, 0.25) is 6.08 Å². The monoisotopic (exact) mass is 217 g/mol. The molecule has 0 unspecified atom stereocenters. The van der Waals surface area contributed by atoms with E-state index in [0.717, 1.165) is 0 Å². The van der Waals surface area contributed by atoms with Gasteiger partial charge in [0.15, 0.2) is 6.61 Å². The highest BCUT2D eigenvalue weighted by Crippen LogP contribution is 2.28. The number of hydrogen-bond donors (Lipinski definition) is 0. The first kappa shape index (κ1) is 11.3. The Morgan fingerprint density at radius 3 is 2.60 bits per heavy atom. The molecule has 0 bridgehead atoms. The Labute approximate surface area is 83.2 Å². The summed E-state index contributed by atoms with van der Waals surface area (Å²) in [6, 6.07) is 5.66. The highest BCUT2D eigenvalue weighted by atomic mass is 19.4. The molecular formula is C9H6F3NO2. The fourth-order valence-electron chi connectivity index (χ4n) is 0.880. The van der Waals surface area contributed by atoms with Crippen molar-refractivity contribution in [1.82, 2.24) is 0 Å².